The number of nitrogens with one attached hydrogen (secondary N) is 1. The molecule has 0 unspecified atom stereocenters. The van der Waals surface area contributed by atoms with E-state index in [0.717, 1.165) is 16.9 Å². The fraction of sp³-hybridized carbons (Fsp3) is 0.364. The van der Waals surface area contributed by atoms with Crippen molar-refractivity contribution in [2.45, 2.75) is 34.2 Å². The zero-order valence-electron chi connectivity index (χ0n) is 16.8. The van der Waals surface area contributed by atoms with Gasteiger partial charge in [0.15, 0.2) is 5.78 Å². The van der Waals surface area contributed by atoms with Crippen LogP contribution in [0.2, 0.25) is 5.02 Å². The van der Waals surface area contributed by atoms with Crippen LogP contribution in [-0.2, 0) is 11.3 Å². The van der Waals surface area contributed by atoms with Crippen LogP contribution in [0.4, 0.5) is 5.69 Å². The van der Waals surface area contributed by atoms with Crippen molar-refractivity contribution in [2.24, 2.45) is 0 Å². The smallest absolute Gasteiger partial charge is 0.238 e. The Morgan fingerprint density at radius 2 is 1.89 bits per heavy atom. The van der Waals surface area contributed by atoms with Crippen LogP contribution in [0.25, 0.3) is 0 Å². The van der Waals surface area contributed by atoms with Gasteiger partial charge in [0.05, 0.1) is 13.2 Å². The number of carbonyl (C=O) groups excluding carboxylic acids is 2. The van der Waals surface area contributed by atoms with Crippen molar-refractivity contribution < 1.29 is 14.3 Å². The summed E-state index contributed by atoms with van der Waals surface area (Å²) in [4.78, 5) is 26.3. The fourth-order valence-electron chi connectivity index (χ4n) is 2.86. The van der Waals surface area contributed by atoms with Crippen LogP contribution in [0.5, 0.6) is 5.75 Å². The van der Waals surface area contributed by atoms with Crippen LogP contribution in [0.1, 0.15) is 42.3 Å². The molecule has 5 nitrogen and oxygen atoms in total. The maximum absolute atomic E-state index is 12.5. The van der Waals surface area contributed by atoms with Crippen molar-refractivity contribution in [3.63, 3.8) is 0 Å². The zero-order valence-corrected chi connectivity index (χ0v) is 17.6. The largest absolute Gasteiger partial charge is 0.494 e. The second-order valence-corrected chi connectivity index (χ2v) is 7.06. The van der Waals surface area contributed by atoms with Crippen molar-refractivity contribution in [3.8, 4) is 5.75 Å². The standard InChI is InChI=1S/C22H27ClN2O3/c1-5-25(14-22(27)24-20-12-19(23)9-7-15(20)3)13-18-11-17(16(4)26)8-10-21(18)28-6-2/h7-12H,5-6,13-14H2,1-4H3,(H,24,27). The minimum atomic E-state index is -0.118. The van der Waals surface area contributed by atoms with Crippen LogP contribution >= 0.6 is 11.6 Å². The summed E-state index contributed by atoms with van der Waals surface area (Å²) in [5.41, 5.74) is 3.19. The Kier molecular flexibility index (Phi) is 8.03. The molecule has 28 heavy (non-hydrogen) atoms. The molecule has 6 heteroatoms. The number of anilines is 1. The van der Waals surface area contributed by atoms with Crippen molar-refractivity contribution >= 4 is 29.0 Å². The molecule has 1 N–H and O–H groups in total. The molecule has 0 atom stereocenters. The topological polar surface area (TPSA) is 58.6 Å². The lowest BCUT2D eigenvalue weighted by molar-refractivity contribution is -0.117. The normalized spacial score (nSPS) is 10.8. The molecule has 0 aliphatic carbocycles. The van der Waals surface area contributed by atoms with E-state index in [1.807, 2.05) is 43.9 Å². The molecule has 0 aliphatic rings. The summed E-state index contributed by atoms with van der Waals surface area (Å²) in [6, 6.07) is 10.8. The molecule has 150 valence electrons. The Morgan fingerprint density at radius 1 is 1.14 bits per heavy atom. The molecule has 2 aromatic rings. The van der Waals surface area contributed by atoms with E-state index in [9.17, 15) is 9.59 Å². The summed E-state index contributed by atoms with van der Waals surface area (Å²) in [6.07, 6.45) is 0. The molecule has 0 fully saturated rings. The molecule has 0 bridgehead atoms. The van der Waals surface area contributed by atoms with E-state index in [-0.39, 0.29) is 18.2 Å². The summed E-state index contributed by atoms with van der Waals surface area (Å²) in [5, 5.41) is 3.50. The molecular weight excluding hydrogens is 376 g/mol. The van der Waals surface area contributed by atoms with Crippen LogP contribution in [0, 0.1) is 6.92 Å². The summed E-state index contributed by atoms with van der Waals surface area (Å²) < 4.78 is 5.69. The molecule has 0 aliphatic heterocycles. The number of amides is 1. The number of ketones is 1. The van der Waals surface area contributed by atoms with Gasteiger partial charge in [-0.1, -0.05) is 24.6 Å². The third-order valence-corrected chi connectivity index (χ3v) is 4.68. The first-order valence-electron chi connectivity index (χ1n) is 9.39. The molecule has 0 saturated heterocycles. The maximum atomic E-state index is 12.5. The molecule has 0 radical (unpaired) electrons. The zero-order chi connectivity index (χ0) is 20.7. The molecule has 0 saturated carbocycles. The Hall–Kier alpha value is -2.37. The van der Waals surface area contributed by atoms with Gasteiger partial charge in [-0.25, -0.2) is 0 Å². The lowest BCUT2D eigenvalue weighted by Crippen LogP contribution is -2.33. The predicted octanol–water partition coefficient (Wildman–Crippen LogP) is 4.71. The quantitative estimate of drug-likeness (QED) is 0.617. The SMILES string of the molecule is CCOc1ccc(C(C)=O)cc1CN(CC)CC(=O)Nc1cc(Cl)ccc1C. The van der Waals surface area contributed by atoms with E-state index < -0.39 is 0 Å². The molecule has 1 amide bonds. The summed E-state index contributed by atoms with van der Waals surface area (Å²) in [7, 11) is 0. The highest BCUT2D eigenvalue weighted by atomic mass is 35.5. The van der Waals surface area contributed by atoms with E-state index in [4.69, 9.17) is 16.3 Å². The van der Waals surface area contributed by atoms with Gasteiger partial charge >= 0.3 is 0 Å². The third-order valence-electron chi connectivity index (χ3n) is 4.45. The maximum Gasteiger partial charge on any atom is 0.238 e. The van der Waals surface area contributed by atoms with Gasteiger partial charge < -0.3 is 10.1 Å². The Morgan fingerprint density at radius 3 is 2.54 bits per heavy atom. The van der Waals surface area contributed by atoms with Crippen LogP contribution < -0.4 is 10.1 Å². The monoisotopic (exact) mass is 402 g/mol. The number of Topliss-reactive ketones (excluding diaryl/α,β-unsaturated/α-hetero) is 1. The van der Waals surface area contributed by atoms with Gasteiger partial charge in [-0.15, -0.1) is 0 Å². The van der Waals surface area contributed by atoms with Crippen molar-refractivity contribution in [2.75, 3.05) is 25.0 Å². The van der Waals surface area contributed by atoms with Crippen molar-refractivity contribution in [1.82, 2.24) is 4.90 Å². The average molecular weight is 403 g/mol. The highest BCUT2D eigenvalue weighted by molar-refractivity contribution is 6.31. The second kappa shape index (κ2) is 10.2. The van der Waals surface area contributed by atoms with E-state index in [0.29, 0.717) is 36.0 Å². The Bertz CT molecular complexity index is 852. The lowest BCUT2D eigenvalue weighted by Gasteiger charge is -2.22. The Balaban J connectivity index is 2.13. The van der Waals surface area contributed by atoms with Crippen LogP contribution in [0.15, 0.2) is 36.4 Å². The number of aryl methyl sites for hydroxylation is 1. The van der Waals surface area contributed by atoms with Crippen molar-refractivity contribution in [1.29, 1.82) is 0 Å². The molecule has 0 heterocycles. The van der Waals surface area contributed by atoms with Crippen molar-refractivity contribution in [3.05, 3.63) is 58.1 Å². The first kappa shape index (κ1) is 21.9. The highest BCUT2D eigenvalue weighted by Gasteiger charge is 2.15. The van der Waals surface area contributed by atoms with Crippen LogP contribution in [-0.4, -0.2) is 36.3 Å². The van der Waals surface area contributed by atoms with Gasteiger partial charge in [0, 0.05) is 28.4 Å². The van der Waals surface area contributed by atoms with E-state index in [1.165, 1.54) is 6.92 Å². The molecule has 0 spiro atoms. The van der Waals surface area contributed by atoms with E-state index in [1.54, 1.807) is 18.2 Å². The van der Waals surface area contributed by atoms with Gasteiger partial charge in [-0.05, 0) is 63.2 Å². The van der Waals surface area contributed by atoms with Gasteiger partial charge in [-0.2, -0.15) is 0 Å². The molecule has 2 aromatic carbocycles. The summed E-state index contributed by atoms with van der Waals surface area (Å²) in [6.45, 7) is 9.31. The number of ether oxygens (including phenoxy) is 1. The van der Waals surface area contributed by atoms with E-state index >= 15 is 0 Å². The molecule has 2 rings (SSSR count). The number of carbonyl (C=O) groups is 2. The Labute approximate surface area is 171 Å². The summed E-state index contributed by atoms with van der Waals surface area (Å²) >= 11 is 6.02. The first-order chi connectivity index (χ1) is 13.3. The number of benzene rings is 2. The number of nitrogens with zero attached hydrogens (tertiary/aromatic N) is 1. The lowest BCUT2D eigenvalue weighted by atomic mass is 10.1. The first-order valence-corrected chi connectivity index (χ1v) is 9.76. The van der Waals surface area contributed by atoms with Gasteiger partial charge in [0.2, 0.25) is 5.91 Å². The fourth-order valence-corrected chi connectivity index (χ4v) is 3.03. The minimum absolute atomic E-state index is 0.00141. The average Bonchev–Trinajstić information content (AvgIpc) is 2.65. The third kappa shape index (κ3) is 6.08. The number of rotatable bonds is 9. The summed E-state index contributed by atoms with van der Waals surface area (Å²) in [5.74, 6) is 0.617. The van der Waals surface area contributed by atoms with Gasteiger partial charge in [-0.3, -0.25) is 14.5 Å². The second-order valence-electron chi connectivity index (χ2n) is 6.62. The number of hydrogen-bond donors (Lipinski definition) is 1. The number of likely N-dealkylation sites (N-methyl/N-ethyl adjacent to an activating group) is 1. The number of hydrogen-bond acceptors (Lipinski definition) is 4. The van der Waals surface area contributed by atoms with Crippen LogP contribution in [0.3, 0.4) is 0 Å². The van der Waals surface area contributed by atoms with Gasteiger partial charge in [0.25, 0.3) is 0 Å². The minimum Gasteiger partial charge on any atom is -0.494 e. The molecule has 0 aromatic heterocycles. The predicted molar refractivity (Wildman–Crippen MR) is 113 cm³/mol. The molecular formula is C22H27ClN2O3. The van der Waals surface area contributed by atoms with E-state index in [2.05, 4.69) is 5.32 Å². The highest BCUT2D eigenvalue weighted by Crippen LogP contribution is 2.23. The van der Waals surface area contributed by atoms with Gasteiger partial charge in [0.1, 0.15) is 5.75 Å². The number of halogens is 1.